The summed E-state index contributed by atoms with van der Waals surface area (Å²) in [5.41, 5.74) is 0.908. The Balaban J connectivity index is 2.11. The topological polar surface area (TPSA) is 29.5 Å². The second kappa shape index (κ2) is 4.88. The number of benzene rings is 1. The van der Waals surface area contributed by atoms with E-state index in [-0.39, 0.29) is 5.41 Å². The number of para-hydroxylation sites is 1. The van der Waals surface area contributed by atoms with E-state index >= 15 is 0 Å². The van der Waals surface area contributed by atoms with Crippen molar-refractivity contribution in [3.05, 3.63) is 29.8 Å². The summed E-state index contributed by atoms with van der Waals surface area (Å²) >= 11 is 0. The van der Waals surface area contributed by atoms with Crippen molar-refractivity contribution in [3.8, 4) is 5.75 Å². The van der Waals surface area contributed by atoms with Gasteiger partial charge < -0.3 is 9.53 Å². The summed E-state index contributed by atoms with van der Waals surface area (Å²) in [6.45, 7) is 7.12. The smallest absolute Gasteiger partial charge is 0.126 e. The first-order valence-corrected chi connectivity index (χ1v) is 6.00. The summed E-state index contributed by atoms with van der Waals surface area (Å²) in [5.74, 6) is 0.971. The van der Waals surface area contributed by atoms with Crippen LogP contribution in [0, 0.1) is 5.41 Å². The van der Waals surface area contributed by atoms with Crippen molar-refractivity contribution in [2.75, 3.05) is 19.7 Å². The molecule has 3 heteroatoms. The molecule has 0 saturated heterocycles. The lowest BCUT2D eigenvalue weighted by molar-refractivity contribution is -0.115. The molecule has 1 heterocycles. The van der Waals surface area contributed by atoms with E-state index in [0.717, 1.165) is 31.7 Å². The molecule has 3 nitrogen and oxygen atoms in total. The largest absolute Gasteiger partial charge is 0.492 e. The Morgan fingerprint density at radius 2 is 2.18 bits per heavy atom. The average Bonchev–Trinajstić information content (AvgIpc) is 2.50. The van der Waals surface area contributed by atoms with E-state index in [0.29, 0.717) is 6.61 Å². The first-order chi connectivity index (χ1) is 8.11. The van der Waals surface area contributed by atoms with Gasteiger partial charge in [-0.15, -0.1) is 0 Å². The van der Waals surface area contributed by atoms with E-state index in [1.807, 2.05) is 32.0 Å². The molecule has 2 rings (SSSR count). The summed E-state index contributed by atoms with van der Waals surface area (Å²) in [7, 11) is 0. The lowest BCUT2D eigenvalue weighted by atomic mass is 9.95. The van der Waals surface area contributed by atoms with Crippen LogP contribution in [0.1, 0.15) is 19.4 Å². The molecular formula is C14H19NO2. The number of carbonyl (C=O) groups excluding carboxylic acids is 1. The van der Waals surface area contributed by atoms with Crippen molar-refractivity contribution in [3.63, 3.8) is 0 Å². The van der Waals surface area contributed by atoms with Crippen LogP contribution in [0.15, 0.2) is 24.3 Å². The van der Waals surface area contributed by atoms with Crippen molar-refractivity contribution in [1.29, 1.82) is 0 Å². The molecule has 0 N–H and O–H groups in total. The van der Waals surface area contributed by atoms with Crippen LogP contribution in [0.3, 0.4) is 0 Å². The van der Waals surface area contributed by atoms with Crippen molar-refractivity contribution in [1.82, 2.24) is 4.90 Å². The fraction of sp³-hybridized carbons (Fsp3) is 0.500. The van der Waals surface area contributed by atoms with Gasteiger partial charge in [-0.05, 0) is 6.07 Å². The second-order valence-corrected chi connectivity index (χ2v) is 5.27. The lowest BCUT2D eigenvalue weighted by Crippen LogP contribution is -2.36. The van der Waals surface area contributed by atoms with Gasteiger partial charge in [-0.2, -0.15) is 0 Å². The number of carbonyl (C=O) groups is 1. The molecule has 0 unspecified atom stereocenters. The molecule has 0 saturated carbocycles. The van der Waals surface area contributed by atoms with E-state index in [9.17, 15) is 4.79 Å². The zero-order valence-electron chi connectivity index (χ0n) is 10.5. The summed E-state index contributed by atoms with van der Waals surface area (Å²) in [5, 5.41) is 0. The van der Waals surface area contributed by atoms with Gasteiger partial charge in [-0.25, -0.2) is 0 Å². The predicted octanol–water partition coefficient (Wildman–Crippen LogP) is 2.11. The maximum atomic E-state index is 11.0. The summed E-state index contributed by atoms with van der Waals surface area (Å²) in [6, 6.07) is 8.10. The number of ether oxygens (including phenoxy) is 1. The molecule has 0 atom stereocenters. The Kier molecular flexibility index (Phi) is 3.48. The molecule has 92 valence electrons. The minimum Gasteiger partial charge on any atom is -0.492 e. The summed E-state index contributed by atoms with van der Waals surface area (Å²) in [4.78, 5) is 13.3. The highest BCUT2D eigenvalue weighted by atomic mass is 16.5. The third-order valence-electron chi connectivity index (χ3n) is 2.98. The monoisotopic (exact) mass is 233 g/mol. The van der Waals surface area contributed by atoms with Gasteiger partial charge in [0.05, 0.1) is 0 Å². The van der Waals surface area contributed by atoms with Crippen LogP contribution in [-0.4, -0.2) is 30.9 Å². The first kappa shape index (κ1) is 12.1. The Hall–Kier alpha value is -1.35. The van der Waals surface area contributed by atoms with Crippen LogP contribution in [0.5, 0.6) is 5.75 Å². The molecular weight excluding hydrogens is 214 g/mol. The highest BCUT2D eigenvalue weighted by Crippen LogP contribution is 2.24. The van der Waals surface area contributed by atoms with Crippen LogP contribution >= 0.6 is 0 Å². The van der Waals surface area contributed by atoms with Gasteiger partial charge in [-0.3, -0.25) is 4.90 Å². The third-order valence-corrected chi connectivity index (χ3v) is 2.98. The van der Waals surface area contributed by atoms with Crippen LogP contribution < -0.4 is 4.74 Å². The Morgan fingerprint density at radius 1 is 1.41 bits per heavy atom. The minimum absolute atomic E-state index is 0.292. The SMILES string of the molecule is CC(C)(C=O)CN1CCOc2ccccc2C1. The maximum Gasteiger partial charge on any atom is 0.126 e. The molecule has 0 bridgehead atoms. The molecule has 0 fully saturated rings. The standard InChI is InChI=1S/C14H19NO2/c1-14(2,11-16)10-15-7-8-17-13-6-4-3-5-12(13)9-15/h3-6,11H,7-10H2,1-2H3. The van der Waals surface area contributed by atoms with Crippen LogP contribution in [0.25, 0.3) is 0 Å². The number of hydrogen-bond acceptors (Lipinski definition) is 3. The van der Waals surface area contributed by atoms with Crippen LogP contribution in [-0.2, 0) is 11.3 Å². The first-order valence-electron chi connectivity index (χ1n) is 6.00. The minimum atomic E-state index is -0.292. The quantitative estimate of drug-likeness (QED) is 0.749. The zero-order chi connectivity index (χ0) is 12.3. The second-order valence-electron chi connectivity index (χ2n) is 5.27. The molecule has 1 aromatic carbocycles. The molecule has 17 heavy (non-hydrogen) atoms. The normalized spacial score (nSPS) is 16.8. The highest BCUT2D eigenvalue weighted by Gasteiger charge is 2.23. The Labute approximate surface area is 102 Å². The predicted molar refractivity (Wildman–Crippen MR) is 67.1 cm³/mol. The van der Waals surface area contributed by atoms with E-state index < -0.39 is 0 Å². The van der Waals surface area contributed by atoms with Gasteiger partial charge in [0, 0.05) is 30.6 Å². The molecule has 0 spiro atoms. The zero-order valence-corrected chi connectivity index (χ0v) is 10.5. The van der Waals surface area contributed by atoms with Gasteiger partial charge in [-0.1, -0.05) is 32.0 Å². The Morgan fingerprint density at radius 3 is 2.94 bits per heavy atom. The van der Waals surface area contributed by atoms with Crippen molar-refractivity contribution in [2.45, 2.75) is 20.4 Å². The highest BCUT2D eigenvalue weighted by molar-refractivity contribution is 5.58. The molecule has 1 aromatic rings. The summed E-state index contributed by atoms with van der Waals surface area (Å²) < 4.78 is 5.70. The lowest BCUT2D eigenvalue weighted by Gasteiger charge is -2.27. The number of rotatable bonds is 3. The van der Waals surface area contributed by atoms with E-state index in [1.165, 1.54) is 5.56 Å². The molecule has 1 aliphatic rings. The van der Waals surface area contributed by atoms with Gasteiger partial charge in [0.25, 0.3) is 0 Å². The summed E-state index contributed by atoms with van der Waals surface area (Å²) in [6.07, 6.45) is 1.03. The number of aldehydes is 1. The van der Waals surface area contributed by atoms with Crippen LogP contribution in [0.4, 0.5) is 0 Å². The van der Waals surface area contributed by atoms with Gasteiger partial charge >= 0.3 is 0 Å². The Bertz CT molecular complexity index is 401. The van der Waals surface area contributed by atoms with Gasteiger partial charge in [0.15, 0.2) is 0 Å². The van der Waals surface area contributed by atoms with E-state index in [1.54, 1.807) is 0 Å². The number of nitrogens with zero attached hydrogens (tertiary/aromatic N) is 1. The van der Waals surface area contributed by atoms with Crippen molar-refractivity contribution < 1.29 is 9.53 Å². The molecule has 0 aromatic heterocycles. The van der Waals surface area contributed by atoms with Gasteiger partial charge in [0.1, 0.15) is 18.6 Å². The molecule has 0 aliphatic carbocycles. The molecule has 0 amide bonds. The maximum absolute atomic E-state index is 11.0. The number of fused-ring (bicyclic) bond motifs is 1. The van der Waals surface area contributed by atoms with Crippen molar-refractivity contribution >= 4 is 6.29 Å². The molecule has 0 radical (unpaired) electrons. The van der Waals surface area contributed by atoms with Gasteiger partial charge in [0.2, 0.25) is 0 Å². The fourth-order valence-corrected chi connectivity index (χ4v) is 2.13. The third kappa shape index (κ3) is 3.07. The van der Waals surface area contributed by atoms with Crippen LogP contribution in [0.2, 0.25) is 0 Å². The molecule has 1 aliphatic heterocycles. The van der Waals surface area contributed by atoms with Crippen molar-refractivity contribution in [2.24, 2.45) is 5.41 Å². The average molecular weight is 233 g/mol. The van der Waals surface area contributed by atoms with E-state index in [2.05, 4.69) is 11.0 Å². The number of hydrogen-bond donors (Lipinski definition) is 0. The van der Waals surface area contributed by atoms with E-state index in [4.69, 9.17) is 4.74 Å². The fourth-order valence-electron chi connectivity index (χ4n) is 2.13.